The monoisotopic (exact) mass is 319 g/mol. The topological polar surface area (TPSA) is 66.4 Å². The summed E-state index contributed by atoms with van der Waals surface area (Å²) in [6, 6.07) is 5.68. The zero-order valence-corrected chi connectivity index (χ0v) is 13.4. The minimum Gasteiger partial charge on any atom is -0.508 e. The first kappa shape index (κ1) is 15.3. The van der Waals surface area contributed by atoms with Crippen molar-refractivity contribution in [2.24, 2.45) is 17.8 Å². The van der Waals surface area contributed by atoms with Gasteiger partial charge in [0, 0.05) is 0 Å². The van der Waals surface area contributed by atoms with Crippen LogP contribution >= 0.6 is 0 Å². The molecule has 22 heavy (non-hydrogen) atoms. The first-order chi connectivity index (χ1) is 10.5. The standard InChI is InChI=1S/C17H21NO3S/c1-12-10-16(6-7-17(12)13-8-9-18-11-13)22(20,21)15-4-2-14(19)3-5-15/h2-7,10,12-13,17-19H,8-9,11H2,1H3/t12?,13-,17?/m1/s1. The van der Waals surface area contributed by atoms with Gasteiger partial charge in [0.2, 0.25) is 9.84 Å². The van der Waals surface area contributed by atoms with E-state index in [4.69, 9.17) is 0 Å². The van der Waals surface area contributed by atoms with E-state index >= 15 is 0 Å². The lowest BCUT2D eigenvalue weighted by Crippen LogP contribution is -2.24. The van der Waals surface area contributed by atoms with Gasteiger partial charge in [-0.3, -0.25) is 0 Å². The summed E-state index contributed by atoms with van der Waals surface area (Å²) in [7, 11) is -3.51. The maximum Gasteiger partial charge on any atom is 0.206 e. The highest BCUT2D eigenvalue weighted by molar-refractivity contribution is 7.95. The van der Waals surface area contributed by atoms with Crippen LogP contribution in [0.5, 0.6) is 5.75 Å². The Bertz CT molecular complexity index is 698. The van der Waals surface area contributed by atoms with Crippen molar-refractivity contribution in [2.45, 2.75) is 18.2 Å². The van der Waals surface area contributed by atoms with Crippen LogP contribution in [0, 0.1) is 17.8 Å². The quantitative estimate of drug-likeness (QED) is 0.898. The van der Waals surface area contributed by atoms with E-state index in [2.05, 4.69) is 18.3 Å². The maximum absolute atomic E-state index is 12.7. The first-order valence-corrected chi connectivity index (χ1v) is 9.11. The summed E-state index contributed by atoms with van der Waals surface area (Å²) in [5.41, 5.74) is 0. The van der Waals surface area contributed by atoms with Crippen molar-refractivity contribution in [3.63, 3.8) is 0 Å². The number of sulfone groups is 1. The Morgan fingerprint density at radius 1 is 1.23 bits per heavy atom. The van der Waals surface area contributed by atoms with Gasteiger partial charge in [0.25, 0.3) is 0 Å². The molecule has 0 aromatic heterocycles. The zero-order chi connectivity index (χ0) is 15.7. The SMILES string of the molecule is CC1C=C(S(=O)(=O)c2ccc(O)cc2)C=CC1[C@@H]1CCNC1. The molecule has 0 bridgehead atoms. The number of aromatic hydroxyl groups is 1. The summed E-state index contributed by atoms with van der Waals surface area (Å²) in [6.45, 7) is 4.14. The minimum atomic E-state index is -3.51. The van der Waals surface area contributed by atoms with Crippen LogP contribution in [0.15, 0.2) is 52.3 Å². The molecule has 2 unspecified atom stereocenters. The van der Waals surface area contributed by atoms with Gasteiger partial charge in [0.1, 0.15) is 5.75 Å². The summed E-state index contributed by atoms with van der Waals surface area (Å²) in [4.78, 5) is 0.572. The molecule has 0 radical (unpaired) electrons. The fourth-order valence-corrected chi connectivity index (χ4v) is 4.76. The molecular formula is C17H21NO3S. The molecule has 4 nitrogen and oxygen atoms in total. The van der Waals surface area contributed by atoms with E-state index in [9.17, 15) is 13.5 Å². The molecule has 1 aromatic carbocycles. The predicted molar refractivity (Wildman–Crippen MR) is 86.1 cm³/mol. The highest BCUT2D eigenvalue weighted by Gasteiger charge is 2.31. The minimum absolute atomic E-state index is 0.0641. The highest BCUT2D eigenvalue weighted by atomic mass is 32.2. The van der Waals surface area contributed by atoms with Gasteiger partial charge in [-0.15, -0.1) is 0 Å². The van der Waals surface area contributed by atoms with E-state index in [1.807, 2.05) is 6.08 Å². The van der Waals surface area contributed by atoms with Crippen LogP contribution in [0.1, 0.15) is 13.3 Å². The molecule has 0 amide bonds. The van der Waals surface area contributed by atoms with Gasteiger partial charge in [-0.05, 0) is 67.6 Å². The summed E-state index contributed by atoms with van der Waals surface area (Å²) < 4.78 is 25.3. The van der Waals surface area contributed by atoms with Crippen molar-refractivity contribution in [1.29, 1.82) is 0 Å². The Morgan fingerprint density at radius 2 is 1.95 bits per heavy atom. The number of phenolic OH excluding ortho intramolecular Hbond substituents is 1. The van der Waals surface area contributed by atoms with Crippen molar-refractivity contribution in [3.8, 4) is 5.75 Å². The molecule has 0 saturated carbocycles. The van der Waals surface area contributed by atoms with Crippen molar-refractivity contribution in [3.05, 3.63) is 47.4 Å². The van der Waals surface area contributed by atoms with Crippen LogP contribution in [0.3, 0.4) is 0 Å². The number of rotatable bonds is 3. The molecule has 1 aromatic rings. The van der Waals surface area contributed by atoms with E-state index in [0.717, 1.165) is 19.5 Å². The molecule has 5 heteroatoms. The molecule has 118 valence electrons. The summed E-state index contributed by atoms with van der Waals surface area (Å²) in [6.07, 6.45) is 6.80. The zero-order valence-electron chi connectivity index (χ0n) is 12.6. The smallest absolute Gasteiger partial charge is 0.206 e. The second-order valence-electron chi connectivity index (χ2n) is 6.11. The number of allylic oxidation sites excluding steroid dienone is 3. The average molecular weight is 319 g/mol. The van der Waals surface area contributed by atoms with Gasteiger partial charge in [-0.1, -0.05) is 19.1 Å². The van der Waals surface area contributed by atoms with Crippen molar-refractivity contribution in [1.82, 2.24) is 5.32 Å². The number of phenols is 1. The average Bonchev–Trinajstić information content (AvgIpc) is 3.01. The van der Waals surface area contributed by atoms with Gasteiger partial charge in [-0.2, -0.15) is 0 Å². The van der Waals surface area contributed by atoms with Gasteiger partial charge in [0.15, 0.2) is 0 Å². The lowest BCUT2D eigenvalue weighted by molar-refractivity contribution is 0.354. The Balaban J connectivity index is 1.85. The third-order valence-corrected chi connectivity index (χ3v) is 6.40. The lowest BCUT2D eigenvalue weighted by Gasteiger charge is -2.27. The van der Waals surface area contributed by atoms with Crippen LogP contribution in [-0.2, 0) is 9.84 Å². The molecule has 1 aliphatic carbocycles. The molecule has 3 atom stereocenters. The molecule has 2 N–H and O–H groups in total. The fraction of sp³-hybridized carbons (Fsp3) is 0.412. The Hall–Kier alpha value is -1.59. The van der Waals surface area contributed by atoms with Crippen molar-refractivity contribution >= 4 is 9.84 Å². The fourth-order valence-electron chi connectivity index (χ4n) is 3.34. The number of benzene rings is 1. The summed E-state index contributed by atoms with van der Waals surface area (Å²) in [5, 5.41) is 12.7. The molecular weight excluding hydrogens is 298 g/mol. The van der Waals surface area contributed by atoms with E-state index < -0.39 is 9.84 Å². The van der Waals surface area contributed by atoms with E-state index in [1.54, 1.807) is 6.08 Å². The number of nitrogens with one attached hydrogen (secondary N) is 1. The first-order valence-electron chi connectivity index (χ1n) is 7.63. The van der Waals surface area contributed by atoms with Crippen molar-refractivity contribution < 1.29 is 13.5 Å². The molecule has 1 saturated heterocycles. The predicted octanol–water partition coefficient (Wildman–Crippen LogP) is 2.48. The number of hydrogen-bond donors (Lipinski definition) is 2. The Labute approximate surface area is 131 Å². The van der Waals surface area contributed by atoms with E-state index in [1.165, 1.54) is 24.3 Å². The summed E-state index contributed by atoms with van der Waals surface area (Å²) in [5.74, 6) is 1.25. The third kappa shape index (κ3) is 2.83. The van der Waals surface area contributed by atoms with Gasteiger partial charge in [0.05, 0.1) is 9.80 Å². The van der Waals surface area contributed by atoms with Crippen LogP contribution in [0.25, 0.3) is 0 Å². The van der Waals surface area contributed by atoms with Crippen LogP contribution < -0.4 is 5.32 Å². The lowest BCUT2D eigenvalue weighted by atomic mass is 9.79. The Morgan fingerprint density at radius 3 is 2.55 bits per heavy atom. The Kier molecular flexibility index (Phi) is 4.10. The molecule has 2 aliphatic rings. The number of hydrogen-bond acceptors (Lipinski definition) is 4. The van der Waals surface area contributed by atoms with E-state index in [0.29, 0.717) is 16.7 Å². The second-order valence-corrected chi connectivity index (χ2v) is 8.06. The maximum atomic E-state index is 12.7. The molecule has 0 spiro atoms. The normalized spacial score (nSPS) is 28.6. The van der Waals surface area contributed by atoms with Crippen LogP contribution in [0.4, 0.5) is 0 Å². The molecule has 3 rings (SSSR count). The molecule has 1 aliphatic heterocycles. The second kappa shape index (κ2) is 5.89. The van der Waals surface area contributed by atoms with Gasteiger partial charge >= 0.3 is 0 Å². The highest BCUT2D eigenvalue weighted by Crippen LogP contribution is 2.35. The van der Waals surface area contributed by atoms with Gasteiger partial charge in [-0.25, -0.2) is 8.42 Å². The van der Waals surface area contributed by atoms with E-state index in [-0.39, 0.29) is 16.6 Å². The third-order valence-electron chi connectivity index (χ3n) is 4.62. The van der Waals surface area contributed by atoms with Crippen LogP contribution in [-0.4, -0.2) is 26.6 Å². The summed E-state index contributed by atoms with van der Waals surface area (Å²) >= 11 is 0. The van der Waals surface area contributed by atoms with Crippen molar-refractivity contribution in [2.75, 3.05) is 13.1 Å². The molecule has 1 fully saturated rings. The van der Waals surface area contributed by atoms with Crippen LogP contribution in [0.2, 0.25) is 0 Å². The van der Waals surface area contributed by atoms with Gasteiger partial charge < -0.3 is 10.4 Å². The molecule has 1 heterocycles. The largest absolute Gasteiger partial charge is 0.508 e.